The number of hydrogen-bond donors (Lipinski definition) is 1. The van der Waals surface area contributed by atoms with Crippen molar-refractivity contribution in [3.63, 3.8) is 0 Å². The third kappa shape index (κ3) is 10.1. The highest BCUT2D eigenvalue weighted by molar-refractivity contribution is 5.18. The highest BCUT2D eigenvalue weighted by Crippen LogP contribution is 2.24. The van der Waals surface area contributed by atoms with E-state index in [9.17, 15) is 5.11 Å². The molecule has 0 aliphatic heterocycles. The van der Waals surface area contributed by atoms with E-state index >= 15 is 0 Å². The van der Waals surface area contributed by atoms with Gasteiger partial charge in [-0.15, -0.1) is 0 Å². The van der Waals surface area contributed by atoms with Gasteiger partial charge in [-0.2, -0.15) is 0 Å². The first-order valence-electron chi connectivity index (χ1n) is 10.5. The summed E-state index contributed by atoms with van der Waals surface area (Å²) in [5.74, 6) is 0. The van der Waals surface area contributed by atoms with Crippen LogP contribution in [-0.4, -0.2) is 36.3 Å². The summed E-state index contributed by atoms with van der Waals surface area (Å²) in [4.78, 5) is 0. The standard InChI is InChI=1S/C23H42NO.BrH/c1-5-6-7-8-9-10-11-12-13-17-20-24(3,4)21(2)23(25)22-18-15-14-16-19-22;/h14-16,18-19,21,23,25H,5-13,17,20H2,1-4H3;1H/q+1;/p-1/t21-,23-;/m0./s1. The second-order valence-corrected chi connectivity index (χ2v) is 8.28. The zero-order valence-electron chi connectivity index (χ0n) is 17.6. The molecule has 3 heteroatoms. The minimum Gasteiger partial charge on any atom is -1.00 e. The second kappa shape index (κ2) is 14.6. The van der Waals surface area contributed by atoms with Crippen LogP contribution < -0.4 is 17.0 Å². The Morgan fingerprint density at radius 2 is 1.27 bits per heavy atom. The maximum Gasteiger partial charge on any atom is 0.130 e. The first-order chi connectivity index (χ1) is 12.0. The number of quaternary nitrogens is 1. The van der Waals surface area contributed by atoms with Gasteiger partial charge >= 0.3 is 0 Å². The molecule has 1 N–H and O–H groups in total. The summed E-state index contributed by atoms with van der Waals surface area (Å²) in [5, 5.41) is 10.7. The summed E-state index contributed by atoms with van der Waals surface area (Å²) in [6, 6.07) is 10.3. The Morgan fingerprint density at radius 1 is 0.808 bits per heavy atom. The molecule has 26 heavy (non-hydrogen) atoms. The van der Waals surface area contributed by atoms with E-state index in [0.717, 1.165) is 16.6 Å². The number of aliphatic hydroxyl groups is 1. The van der Waals surface area contributed by atoms with Crippen molar-refractivity contribution in [2.75, 3.05) is 20.6 Å². The predicted molar refractivity (Wildman–Crippen MR) is 110 cm³/mol. The van der Waals surface area contributed by atoms with Crippen LogP contribution in [0, 0.1) is 0 Å². The maximum absolute atomic E-state index is 10.7. The Kier molecular flexibility index (Phi) is 14.4. The molecule has 0 spiro atoms. The zero-order chi connectivity index (χ0) is 18.5. The molecule has 0 aromatic heterocycles. The lowest BCUT2D eigenvalue weighted by atomic mass is 10.0. The zero-order valence-corrected chi connectivity index (χ0v) is 19.2. The van der Waals surface area contributed by atoms with Crippen LogP contribution in [-0.2, 0) is 0 Å². The van der Waals surface area contributed by atoms with Gasteiger partial charge in [0.2, 0.25) is 0 Å². The summed E-state index contributed by atoms with van der Waals surface area (Å²) in [5.41, 5.74) is 1.03. The van der Waals surface area contributed by atoms with Crippen molar-refractivity contribution in [1.82, 2.24) is 0 Å². The van der Waals surface area contributed by atoms with E-state index in [1.54, 1.807) is 0 Å². The van der Waals surface area contributed by atoms with Crippen LogP contribution >= 0.6 is 0 Å². The minimum absolute atomic E-state index is 0. The number of benzene rings is 1. The molecule has 1 aromatic rings. The Hall–Kier alpha value is -0.380. The largest absolute Gasteiger partial charge is 1.00 e. The van der Waals surface area contributed by atoms with E-state index in [1.165, 1.54) is 64.2 Å². The van der Waals surface area contributed by atoms with Gasteiger partial charge in [-0.1, -0.05) is 88.6 Å². The topological polar surface area (TPSA) is 20.2 Å². The molecule has 0 unspecified atom stereocenters. The first kappa shape index (κ1) is 25.6. The van der Waals surface area contributed by atoms with Crippen LogP contribution in [0.2, 0.25) is 0 Å². The van der Waals surface area contributed by atoms with Crippen molar-refractivity contribution in [3.8, 4) is 0 Å². The SMILES string of the molecule is CCCCCCCCCCCC[N+](C)(C)[C@@H](C)[C@H](O)c1ccccc1.[Br-]. The average Bonchev–Trinajstić information content (AvgIpc) is 2.62. The highest BCUT2D eigenvalue weighted by atomic mass is 79.9. The lowest BCUT2D eigenvalue weighted by molar-refractivity contribution is -0.917. The molecule has 2 atom stereocenters. The van der Waals surface area contributed by atoms with Crippen LogP contribution in [0.4, 0.5) is 0 Å². The number of hydrogen-bond acceptors (Lipinski definition) is 1. The molecule has 0 amide bonds. The Morgan fingerprint density at radius 3 is 1.77 bits per heavy atom. The first-order valence-corrected chi connectivity index (χ1v) is 10.5. The van der Waals surface area contributed by atoms with Crippen molar-refractivity contribution in [2.45, 2.75) is 90.2 Å². The van der Waals surface area contributed by atoms with Gasteiger partial charge in [-0.3, -0.25) is 0 Å². The number of aliphatic hydroxyl groups excluding tert-OH is 1. The summed E-state index contributed by atoms with van der Waals surface area (Å²) in [6.45, 7) is 5.59. The fraction of sp³-hybridized carbons (Fsp3) is 0.739. The van der Waals surface area contributed by atoms with E-state index in [1.807, 2.05) is 30.3 Å². The molecular weight excluding hydrogens is 386 g/mol. The molecule has 0 aliphatic rings. The highest BCUT2D eigenvalue weighted by Gasteiger charge is 2.30. The second-order valence-electron chi connectivity index (χ2n) is 8.28. The van der Waals surface area contributed by atoms with Crippen molar-refractivity contribution in [3.05, 3.63) is 35.9 Å². The Labute approximate surface area is 173 Å². The smallest absolute Gasteiger partial charge is 0.130 e. The molecule has 0 bridgehead atoms. The van der Waals surface area contributed by atoms with Crippen molar-refractivity contribution in [2.24, 2.45) is 0 Å². The third-order valence-electron chi connectivity index (χ3n) is 5.79. The number of likely N-dealkylation sites (N-methyl/N-ethyl adjacent to an activating group) is 1. The average molecular weight is 428 g/mol. The van der Waals surface area contributed by atoms with Crippen molar-refractivity contribution >= 4 is 0 Å². The van der Waals surface area contributed by atoms with Crippen LogP contribution in [0.3, 0.4) is 0 Å². The van der Waals surface area contributed by atoms with Gasteiger partial charge in [0, 0.05) is 0 Å². The number of unbranched alkanes of at least 4 members (excludes halogenated alkanes) is 9. The molecule has 2 nitrogen and oxygen atoms in total. The molecule has 0 saturated heterocycles. The molecule has 1 rings (SSSR count). The maximum atomic E-state index is 10.7. The monoisotopic (exact) mass is 427 g/mol. The van der Waals surface area contributed by atoms with Crippen LogP contribution in [0.25, 0.3) is 0 Å². The van der Waals surface area contributed by atoms with Crippen molar-refractivity contribution < 1.29 is 26.6 Å². The van der Waals surface area contributed by atoms with Gasteiger partial charge in [0.15, 0.2) is 0 Å². The van der Waals surface area contributed by atoms with E-state index in [2.05, 4.69) is 27.9 Å². The lowest BCUT2D eigenvalue weighted by Gasteiger charge is -2.38. The predicted octanol–water partition coefficient (Wildman–Crippen LogP) is 3.11. The fourth-order valence-electron chi connectivity index (χ4n) is 3.52. The summed E-state index contributed by atoms with van der Waals surface area (Å²) >= 11 is 0. The normalized spacial score (nSPS) is 13.9. The summed E-state index contributed by atoms with van der Waals surface area (Å²) in [6.07, 6.45) is 13.4. The van der Waals surface area contributed by atoms with Gasteiger partial charge < -0.3 is 26.6 Å². The molecule has 0 heterocycles. The van der Waals surface area contributed by atoms with E-state index < -0.39 is 0 Å². The molecule has 0 saturated carbocycles. The Balaban J connectivity index is 0.00000625. The minimum atomic E-state index is -0.390. The fourth-order valence-corrected chi connectivity index (χ4v) is 3.52. The summed E-state index contributed by atoms with van der Waals surface area (Å²) < 4.78 is 0.882. The number of rotatable bonds is 14. The number of nitrogens with zero attached hydrogens (tertiary/aromatic N) is 1. The third-order valence-corrected chi connectivity index (χ3v) is 5.79. The van der Waals surface area contributed by atoms with Gasteiger partial charge in [0.1, 0.15) is 12.1 Å². The van der Waals surface area contributed by atoms with Crippen LogP contribution in [0.1, 0.15) is 89.7 Å². The quantitative estimate of drug-likeness (QED) is 0.357. The lowest BCUT2D eigenvalue weighted by Crippen LogP contribution is -3.00. The van der Waals surface area contributed by atoms with Crippen LogP contribution in [0.15, 0.2) is 30.3 Å². The molecule has 1 aromatic carbocycles. The van der Waals surface area contributed by atoms with E-state index in [4.69, 9.17) is 0 Å². The van der Waals surface area contributed by atoms with Gasteiger partial charge in [-0.05, 0) is 25.3 Å². The molecule has 152 valence electrons. The van der Waals surface area contributed by atoms with E-state index in [0.29, 0.717) is 0 Å². The summed E-state index contributed by atoms with van der Waals surface area (Å²) in [7, 11) is 4.51. The molecule has 0 radical (unpaired) electrons. The Bertz CT molecular complexity index is 435. The van der Waals surface area contributed by atoms with E-state index in [-0.39, 0.29) is 29.1 Å². The molecular formula is C23H42BrNO. The van der Waals surface area contributed by atoms with Gasteiger partial charge in [-0.25, -0.2) is 0 Å². The number of halogens is 1. The van der Waals surface area contributed by atoms with Crippen molar-refractivity contribution in [1.29, 1.82) is 0 Å². The van der Waals surface area contributed by atoms with Crippen LogP contribution in [0.5, 0.6) is 0 Å². The molecule has 0 aliphatic carbocycles. The molecule has 0 fully saturated rings. The van der Waals surface area contributed by atoms with Gasteiger partial charge in [0.05, 0.1) is 20.6 Å². The van der Waals surface area contributed by atoms with Gasteiger partial charge in [0.25, 0.3) is 0 Å².